The molecule has 1 unspecified atom stereocenters. The summed E-state index contributed by atoms with van der Waals surface area (Å²) in [5.41, 5.74) is 3.06. The smallest absolute Gasteiger partial charge is 0.223 e. The molecule has 1 amide bonds. The first kappa shape index (κ1) is 13.6. The van der Waals surface area contributed by atoms with Crippen LogP contribution in [0.1, 0.15) is 23.4 Å². The van der Waals surface area contributed by atoms with Gasteiger partial charge in [0.15, 0.2) is 0 Å². The number of rotatable bonds is 4. The third-order valence-corrected chi connectivity index (χ3v) is 3.85. The zero-order chi connectivity index (χ0) is 14.7. The quantitative estimate of drug-likeness (QED) is 0.886. The van der Waals surface area contributed by atoms with Crippen LogP contribution in [0.25, 0.3) is 0 Å². The molecule has 6 nitrogen and oxygen atoms in total. The summed E-state index contributed by atoms with van der Waals surface area (Å²) in [5.74, 6) is 0.624. The van der Waals surface area contributed by atoms with E-state index >= 15 is 0 Å². The number of pyridine rings is 1. The number of carbonyl (C=O) groups excluding carboxylic acids is 1. The van der Waals surface area contributed by atoms with Crippen LogP contribution >= 0.6 is 0 Å². The molecule has 2 heterocycles. The molecule has 0 radical (unpaired) electrons. The zero-order valence-corrected chi connectivity index (χ0v) is 11.9. The highest BCUT2D eigenvalue weighted by Gasteiger charge is 2.26. The lowest BCUT2D eigenvalue weighted by molar-refractivity contribution is -0.125. The van der Waals surface area contributed by atoms with E-state index in [4.69, 9.17) is 4.74 Å². The Kier molecular flexibility index (Phi) is 3.85. The monoisotopic (exact) mass is 286 g/mol. The molecule has 1 atom stereocenters. The number of aromatic amines is 1. The number of nitrogens with zero attached hydrogens (tertiary/aromatic N) is 2. The maximum atomic E-state index is 12.3. The molecule has 21 heavy (non-hydrogen) atoms. The normalized spacial score (nSPS) is 17.1. The number of carbonyl (C=O) groups is 1. The SMILES string of the molecule is COc1ncccc1CNC(=O)C1CCc2nc[nH]c2C1. The molecule has 6 heteroatoms. The Morgan fingerprint density at radius 1 is 1.52 bits per heavy atom. The topological polar surface area (TPSA) is 79.9 Å². The molecule has 0 spiro atoms. The van der Waals surface area contributed by atoms with Gasteiger partial charge in [-0.1, -0.05) is 6.07 Å². The van der Waals surface area contributed by atoms with E-state index in [0.29, 0.717) is 12.4 Å². The third kappa shape index (κ3) is 2.89. The number of ether oxygens (including phenoxy) is 1. The van der Waals surface area contributed by atoms with Gasteiger partial charge in [-0.3, -0.25) is 4.79 Å². The minimum Gasteiger partial charge on any atom is -0.481 e. The molecule has 1 aliphatic rings. The zero-order valence-electron chi connectivity index (χ0n) is 11.9. The molecule has 110 valence electrons. The van der Waals surface area contributed by atoms with Crippen LogP contribution in [0.15, 0.2) is 24.7 Å². The van der Waals surface area contributed by atoms with Crippen molar-refractivity contribution in [2.45, 2.75) is 25.8 Å². The van der Waals surface area contributed by atoms with Crippen LogP contribution < -0.4 is 10.1 Å². The Hall–Kier alpha value is -2.37. The van der Waals surface area contributed by atoms with Crippen LogP contribution in [0.5, 0.6) is 5.88 Å². The van der Waals surface area contributed by atoms with Crippen molar-refractivity contribution in [2.24, 2.45) is 5.92 Å². The fourth-order valence-corrected chi connectivity index (χ4v) is 2.69. The lowest BCUT2D eigenvalue weighted by Crippen LogP contribution is -2.33. The maximum absolute atomic E-state index is 12.3. The molecule has 0 saturated heterocycles. The van der Waals surface area contributed by atoms with Crippen molar-refractivity contribution in [1.29, 1.82) is 0 Å². The molecule has 0 aromatic carbocycles. The summed E-state index contributed by atoms with van der Waals surface area (Å²) in [7, 11) is 1.58. The number of imidazole rings is 1. The van der Waals surface area contributed by atoms with E-state index in [9.17, 15) is 4.79 Å². The predicted molar refractivity (Wildman–Crippen MR) is 76.7 cm³/mol. The van der Waals surface area contributed by atoms with E-state index in [2.05, 4.69) is 20.3 Å². The van der Waals surface area contributed by atoms with Gasteiger partial charge in [0, 0.05) is 36.3 Å². The first-order chi connectivity index (χ1) is 10.3. The Morgan fingerprint density at radius 3 is 3.29 bits per heavy atom. The summed E-state index contributed by atoms with van der Waals surface area (Å²) in [6.45, 7) is 0.433. The fourth-order valence-electron chi connectivity index (χ4n) is 2.69. The van der Waals surface area contributed by atoms with Crippen LogP contribution in [0.2, 0.25) is 0 Å². The van der Waals surface area contributed by atoms with Gasteiger partial charge in [0.05, 0.1) is 19.1 Å². The number of fused-ring (bicyclic) bond motifs is 1. The summed E-state index contributed by atoms with van der Waals surface area (Å²) in [4.78, 5) is 23.8. The second-order valence-electron chi connectivity index (χ2n) is 5.16. The second-order valence-corrected chi connectivity index (χ2v) is 5.16. The number of amides is 1. The van der Waals surface area contributed by atoms with E-state index in [-0.39, 0.29) is 11.8 Å². The van der Waals surface area contributed by atoms with Gasteiger partial charge in [0.2, 0.25) is 11.8 Å². The van der Waals surface area contributed by atoms with Crippen LogP contribution in [0, 0.1) is 5.92 Å². The Morgan fingerprint density at radius 2 is 2.43 bits per heavy atom. The van der Waals surface area contributed by atoms with Gasteiger partial charge in [0.25, 0.3) is 0 Å². The van der Waals surface area contributed by atoms with Crippen molar-refractivity contribution in [2.75, 3.05) is 7.11 Å². The molecule has 0 aliphatic heterocycles. The summed E-state index contributed by atoms with van der Waals surface area (Å²) < 4.78 is 5.18. The number of hydrogen-bond donors (Lipinski definition) is 2. The Labute approximate surface area is 123 Å². The van der Waals surface area contributed by atoms with Gasteiger partial charge in [-0.2, -0.15) is 0 Å². The number of nitrogens with one attached hydrogen (secondary N) is 2. The van der Waals surface area contributed by atoms with Gasteiger partial charge in [-0.15, -0.1) is 0 Å². The number of aromatic nitrogens is 3. The number of H-pyrrole nitrogens is 1. The molecule has 2 N–H and O–H groups in total. The summed E-state index contributed by atoms with van der Waals surface area (Å²) >= 11 is 0. The molecular weight excluding hydrogens is 268 g/mol. The van der Waals surface area contributed by atoms with Crippen LogP contribution in [0.4, 0.5) is 0 Å². The third-order valence-electron chi connectivity index (χ3n) is 3.85. The van der Waals surface area contributed by atoms with Crippen molar-refractivity contribution in [3.05, 3.63) is 41.6 Å². The van der Waals surface area contributed by atoms with E-state index in [1.54, 1.807) is 19.6 Å². The predicted octanol–water partition coefficient (Wildman–Crippen LogP) is 1.23. The minimum absolute atomic E-state index is 0.000571. The van der Waals surface area contributed by atoms with Gasteiger partial charge in [-0.05, 0) is 18.9 Å². The highest BCUT2D eigenvalue weighted by atomic mass is 16.5. The summed E-state index contributed by atoms with van der Waals surface area (Å²) in [6, 6.07) is 3.74. The molecule has 2 aromatic heterocycles. The van der Waals surface area contributed by atoms with Crippen LogP contribution in [0.3, 0.4) is 0 Å². The first-order valence-electron chi connectivity index (χ1n) is 7.04. The average Bonchev–Trinajstić information content (AvgIpc) is 3.00. The maximum Gasteiger partial charge on any atom is 0.223 e. The first-order valence-corrected chi connectivity index (χ1v) is 7.04. The highest BCUT2D eigenvalue weighted by molar-refractivity contribution is 5.79. The van der Waals surface area contributed by atoms with Gasteiger partial charge < -0.3 is 15.0 Å². The second kappa shape index (κ2) is 5.95. The Balaban J connectivity index is 1.60. The average molecular weight is 286 g/mol. The minimum atomic E-state index is 0.000571. The van der Waals surface area contributed by atoms with E-state index in [0.717, 1.165) is 36.2 Å². The highest BCUT2D eigenvalue weighted by Crippen LogP contribution is 2.23. The molecule has 0 fully saturated rings. The van der Waals surface area contributed by atoms with Gasteiger partial charge in [-0.25, -0.2) is 9.97 Å². The largest absolute Gasteiger partial charge is 0.481 e. The molecule has 0 saturated carbocycles. The summed E-state index contributed by atoms with van der Waals surface area (Å²) in [6.07, 6.45) is 5.79. The van der Waals surface area contributed by atoms with Gasteiger partial charge >= 0.3 is 0 Å². The van der Waals surface area contributed by atoms with Crippen molar-refractivity contribution < 1.29 is 9.53 Å². The van der Waals surface area contributed by atoms with Crippen LogP contribution in [-0.4, -0.2) is 28.0 Å². The van der Waals surface area contributed by atoms with Crippen LogP contribution in [-0.2, 0) is 24.2 Å². The van der Waals surface area contributed by atoms with Crippen molar-refractivity contribution in [1.82, 2.24) is 20.3 Å². The number of aryl methyl sites for hydroxylation is 1. The molecule has 1 aliphatic carbocycles. The molecular formula is C15H18N4O2. The van der Waals surface area contributed by atoms with Crippen molar-refractivity contribution >= 4 is 5.91 Å². The lowest BCUT2D eigenvalue weighted by Gasteiger charge is -2.20. The number of methoxy groups -OCH3 is 1. The van der Waals surface area contributed by atoms with Gasteiger partial charge in [0.1, 0.15) is 0 Å². The van der Waals surface area contributed by atoms with Crippen molar-refractivity contribution in [3.63, 3.8) is 0 Å². The molecule has 3 rings (SSSR count). The molecule has 2 aromatic rings. The molecule has 0 bridgehead atoms. The van der Waals surface area contributed by atoms with E-state index in [1.807, 2.05) is 12.1 Å². The standard InChI is InChI=1S/C15H18N4O2/c1-21-15-11(3-2-6-16-15)8-17-14(20)10-4-5-12-13(7-10)19-9-18-12/h2-3,6,9-10H,4-5,7-8H2,1H3,(H,17,20)(H,18,19). The fraction of sp³-hybridized carbons (Fsp3) is 0.400. The lowest BCUT2D eigenvalue weighted by atomic mass is 9.89. The van der Waals surface area contributed by atoms with E-state index in [1.165, 1.54) is 0 Å². The van der Waals surface area contributed by atoms with E-state index < -0.39 is 0 Å². The summed E-state index contributed by atoms with van der Waals surface area (Å²) in [5, 5.41) is 2.97. The van der Waals surface area contributed by atoms with Crippen molar-refractivity contribution in [3.8, 4) is 5.88 Å². The Bertz CT molecular complexity index is 638. The number of hydrogen-bond acceptors (Lipinski definition) is 4.